The third-order valence-corrected chi connectivity index (χ3v) is 6.74. The molecule has 0 atom stereocenters. The standard InChI is InChI=1S/C26H32N2O5/c29-26(30)23-4-3-5-24(25(23)27-12-1-2-13-27)28-16-22(17-28)33-21-8-6-19(7-9-21)18-32-20-10-14-31-15-11-20/h3-9,20,22H,1-2,10-18H2,(H,29,30). The molecule has 0 aromatic heterocycles. The number of nitrogens with zero attached hydrogens (tertiary/aromatic N) is 2. The first-order valence-electron chi connectivity index (χ1n) is 12.0. The highest BCUT2D eigenvalue weighted by Crippen LogP contribution is 2.38. The van der Waals surface area contributed by atoms with Crippen molar-refractivity contribution in [2.24, 2.45) is 0 Å². The zero-order valence-corrected chi connectivity index (χ0v) is 18.9. The second kappa shape index (κ2) is 10.0. The van der Waals surface area contributed by atoms with Crippen LogP contribution >= 0.6 is 0 Å². The number of benzene rings is 2. The number of carboxylic acids is 1. The van der Waals surface area contributed by atoms with Crippen molar-refractivity contribution in [1.29, 1.82) is 0 Å². The van der Waals surface area contributed by atoms with E-state index in [4.69, 9.17) is 14.2 Å². The molecule has 1 N–H and O–H groups in total. The van der Waals surface area contributed by atoms with Crippen molar-refractivity contribution in [1.82, 2.24) is 0 Å². The van der Waals surface area contributed by atoms with Crippen molar-refractivity contribution in [2.75, 3.05) is 49.2 Å². The molecule has 3 aliphatic rings. The maximum Gasteiger partial charge on any atom is 0.337 e. The highest BCUT2D eigenvalue weighted by molar-refractivity contribution is 5.98. The summed E-state index contributed by atoms with van der Waals surface area (Å²) in [6.07, 6.45) is 4.53. The normalized spacial score (nSPS) is 19.5. The van der Waals surface area contributed by atoms with Crippen LogP contribution in [0, 0.1) is 0 Å². The summed E-state index contributed by atoms with van der Waals surface area (Å²) in [4.78, 5) is 16.3. The summed E-state index contributed by atoms with van der Waals surface area (Å²) in [6.45, 7) is 5.51. The van der Waals surface area contributed by atoms with E-state index in [1.54, 1.807) is 6.07 Å². The summed E-state index contributed by atoms with van der Waals surface area (Å²) in [5.41, 5.74) is 3.38. The monoisotopic (exact) mass is 452 g/mol. The van der Waals surface area contributed by atoms with Gasteiger partial charge in [0.15, 0.2) is 0 Å². The molecule has 0 amide bonds. The number of rotatable bonds is 8. The Kier molecular flexibility index (Phi) is 6.69. The van der Waals surface area contributed by atoms with Crippen molar-refractivity contribution in [3.05, 3.63) is 53.6 Å². The third-order valence-electron chi connectivity index (χ3n) is 6.74. The van der Waals surface area contributed by atoms with Crippen molar-refractivity contribution < 1.29 is 24.1 Å². The second-order valence-electron chi connectivity index (χ2n) is 9.08. The van der Waals surface area contributed by atoms with Gasteiger partial charge >= 0.3 is 5.97 Å². The molecule has 0 saturated carbocycles. The molecule has 3 saturated heterocycles. The van der Waals surface area contributed by atoms with Crippen LogP contribution in [0.4, 0.5) is 11.4 Å². The fourth-order valence-electron chi connectivity index (χ4n) is 4.85. The number of aromatic carboxylic acids is 1. The van der Waals surface area contributed by atoms with Gasteiger partial charge in [-0.15, -0.1) is 0 Å². The average molecular weight is 453 g/mol. The summed E-state index contributed by atoms with van der Waals surface area (Å²) < 4.78 is 17.5. The van der Waals surface area contributed by atoms with E-state index in [2.05, 4.69) is 21.9 Å². The molecule has 0 radical (unpaired) electrons. The summed E-state index contributed by atoms with van der Waals surface area (Å²) in [6, 6.07) is 13.7. The van der Waals surface area contributed by atoms with Crippen molar-refractivity contribution in [3.8, 4) is 5.75 Å². The number of anilines is 2. The van der Waals surface area contributed by atoms with Gasteiger partial charge in [0.2, 0.25) is 0 Å². The molecular formula is C26H32N2O5. The summed E-state index contributed by atoms with van der Waals surface area (Å²) in [5, 5.41) is 9.72. The molecule has 3 heterocycles. The molecule has 3 fully saturated rings. The third kappa shape index (κ3) is 5.09. The Balaban J connectivity index is 1.17. The molecule has 33 heavy (non-hydrogen) atoms. The van der Waals surface area contributed by atoms with Crippen LogP contribution in [0.5, 0.6) is 5.75 Å². The predicted molar refractivity (Wildman–Crippen MR) is 127 cm³/mol. The zero-order chi connectivity index (χ0) is 22.6. The molecule has 5 rings (SSSR count). The number of ether oxygens (including phenoxy) is 3. The van der Waals surface area contributed by atoms with E-state index in [-0.39, 0.29) is 6.10 Å². The Hall–Kier alpha value is -2.77. The minimum absolute atomic E-state index is 0.0919. The highest BCUT2D eigenvalue weighted by Gasteiger charge is 2.33. The number of hydrogen-bond acceptors (Lipinski definition) is 6. The molecule has 176 valence electrons. The van der Waals surface area contributed by atoms with Crippen LogP contribution in [-0.2, 0) is 16.1 Å². The molecule has 7 nitrogen and oxygen atoms in total. The van der Waals surface area contributed by atoms with Gasteiger partial charge in [0, 0.05) is 26.3 Å². The van der Waals surface area contributed by atoms with Crippen LogP contribution < -0.4 is 14.5 Å². The number of carboxylic acid groups (broad SMARTS) is 1. The van der Waals surface area contributed by atoms with E-state index < -0.39 is 5.97 Å². The molecule has 2 aromatic carbocycles. The van der Waals surface area contributed by atoms with Gasteiger partial charge in [-0.2, -0.15) is 0 Å². The molecule has 3 aliphatic heterocycles. The van der Waals surface area contributed by atoms with E-state index in [1.165, 1.54) is 0 Å². The first kappa shape index (κ1) is 22.0. The van der Waals surface area contributed by atoms with Gasteiger partial charge < -0.3 is 29.1 Å². The second-order valence-corrected chi connectivity index (χ2v) is 9.08. The van der Waals surface area contributed by atoms with Gasteiger partial charge in [-0.05, 0) is 55.5 Å². The molecule has 2 aromatic rings. The van der Waals surface area contributed by atoms with Crippen LogP contribution in [0.15, 0.2) is 42.5 Å². The van der Waals surface area contributed by atoms with Gasteiger partial charge in [-0.1, -0.05) is 18.2 Å². The summed E-state index contributed by atoms with van der Waals surface area (Å²) in [5.74, 6) is -0.0125. The topological polar surface area (TPSA) is 71.5 Å². The molecule has 7 heteroatoms. The summed E-state index contributed by atoms with van der Waals surface area (Å²) >= 11 is 0. The number of carbonyl (C=O) groups is 1. The van der Waals surface area contributed by atoms with Crippen LogP contribution in [0.1, 0.15) is 41.6 Å². The maximum atomic E-state index is 11.8. The molecule has 0 bridgehead atoms. The van der Waals surface area contributed by atoms with Crippen molar-refractivity contribution in [2.45, 2.75) is 44.5 Å². The van der Waals surface area contributed by atoms with Crippen LogP contribution in [0.2, 0.25) is 0 Å². The number of hydrogen-bond donors (Lipinski definition) is 1. The lowest BCUT2D eigenvalue weighted by molar-refractivity contribution is -0.0390. The Morgan fingerprint density at radius 1 is 0.970 bits per heavy atom. The maximum absolute atomic E-state index is 11.8. The molecule has 0 aliphatic carbocycles. The lowest BCUT2D eigenvalue weighted by Crippen LogP contribution is -2.54. The Bertz CT molecular complexity index is 946. The first-order valence-corrected chi connectivity index (χ1v) is 12.0. The quantitative estimate of drug-likeness (QED) is 0.650. The van der Waals surface area contributed by atoms with E-state index in [0.29, 0.717) is 18.3 Å². The molecule has 0 spiro atoms. The zero-order valence-electron chi connectivity index (χ0n) is 18.9. The minimum atomic E-state index is -0.868. The Labute approximate surface area is 194 Å². The highest BCUT2D eigenvalue weighted by atomic mass is 16.5. The van der Waals surface area contributed by atoms with Gasteiger partial charge in [-0.25, -0.2) is 4.79 Å². The van der Waals surface area contributed by atoms with Gasteiger partial charge in [0.05, 0.1) is 42.7 Å². The summed E-state index contributed by atoms with van der Waals surface area (Å²) in [7, 11) is 0. The average Bonchev–Trinajstić information content (AvgIpc) is 3.35. The predicted octanol–water partition coefficient (Wildman–Crippen LogP) is 3.95. The Morgan fingerprint density at radius 2 is 1.70 bits per heavy atom. The Morgan fingerprint density at radius 3 is 2.39 bits per heavy atom. The first-order chi connectivity index (χ1) is 16.2. The smallest absolute Gasteiger partial charge is 0.337 e. The van der Waals surface area contributed by atoms with Gasteiger partial charge in [0.1, 0.15) is 11.9 Å². The van der Waals surface area contributed by atoms with Gasteiger partial charge in [0.25, 0.3) is 0 Å². The van der Waals surface area contributed by atoms with Gasteiger partial charge in [-0.3, -0.25) is 0 Å². The fourth-order valence-corrected chi connectivity index (χ4v) is 4.85. The van der Waals surface area contributed by atoms with Crippen LogP contribution in [-0.4, -0.2) is 62.7 Å². The largest absolute Gasteiger partial charge is 0.487 e. The SMILES string of the molecule is O=C(O)c1cccc(N2CC(Oc3ccc(COC4CCOCC4)cc3)C2)c1N1CCCC1. The minimum Gasteiger partial charge on any atom is -0.487 e. The lowest BCUT2D eigenvalue weighted by atomic mass is 10.0. The van der Waals surface area contributed by atoms with E-state index in [1.807, 2.05) is 24.3 Å². The fraction of sp³-hybridized carbons (Fsp3) is 0.500. The van der Waals surface area contributed by atoms with E-state index in [9.17, 15) is 9.90 Å². The molecular weight excluding hydrogens is 420 g/mol. The van der Waals surface area contributed by atoms with Crippen LogP contribution in [0.25, 0.3) is 0 Å². The van der Waals surface area contributed by atoms with Crippen molar-refractivity contribution >= 4 is 17.3 Å². The molecule has 0 unspecified atom stereocenters. The van der Waals surface area contributed by atoms with E-state index in [0.717, 1.165) is 87.8 Å². The van der Waals surface area contributed by atoms with Crippen molar-refractivity contribution in [3.63, 3.8) is 0 Å². The van der Waals surface area contributed by atoms with E-state index >= 15 is 0 Å². The van der Waals surface area contributed by atoms with Crippen LogP contribution in [0.3, 0.4) is 0 Å². The number of para-hydroxylation sites is 1. The lowest BCUT2D eigenvalue weighted by Gasteiger charge is -2.42.